The topological polar surface area (TPSA) is 147 Å². The monoisotopic (exact) mass is 434 g/mol. The number of fused-ring (bicyclic) bond motifs is 2. The summed E-state index contributed by atoms with van der Waals surface area (Å²) >= 11 is 0. The molecule has 0 spiro atoms. The van der Waals surface area contributed by atoms with Gasteiger partial charge in [-0.15, -0.1) is 0 Å². The fraction of sp³-hybridized carbons (Fsp3) is 0. The van der Waals surface area contributed by atoms with Gasteiger partial charge in [0.2, 0.25) is 0 Å². The number of nitrogens with two attached hydrogens (primary N) is 1. The Balaban J connectivity index is 0.00000256. The Morgan fingerprint density at radius 2 is 1.47 bits per heavy atom. The van der Waals surface area contributed by atoms with E-state index in [4.69, 9.17) is 5.73 Å². The molecule has 0 amide bonds. The SMILES string of the molecule is Nc1c(S(=O)(=O)O)cc(Nc2cccc(O)c2)c2c1C(=O)c1ccccc1C2=O.[NaH]. The van der Waals surface area contributed by atoms with Gasteiger partial charge in [-0.25, -0.2) is 0 Å². The number of nitrogen functional groups attached to an aromatic ring is 1. The van der Waals surface area contributed by atoms with E-state index in [9.17, 15) is 27.7 Å². The maximum atomic E-state index is 13.1. The molecule has 148 valence electrons. The third-order valence-corrected chi connectivity index (χ3v) is 5.50. The quantitative estimate of drug-likeness (QED) is 0.218. The second kappa shape index (κ2) is 7.86. The first-order chi connectivity index (χ1) is 13.7. The molecule has 10 heteroatoms. The number of hydrogen-bond donors (Lipinski definition) is 4. The summed E-state index contributed by atoms with van der Waals surface area (Å²) < 4.78 is 33.3. The van der Waals surface area contributed by atoms with Gasteiger partial charge in [-0.1, -0.05) is 30.3 Å². The van der Waals surface area contributed by atoms with Crippen molar-refractivity contribution in [3.63, 3.8) is 0 Å². The van der Waals surface area contributed by atoms with Crippen LogP contribution in [0.1, 0.15) is 31.8 Å². The molecule has 0 heterocycles. The number of nitrogens with one attached hydrogen (secondary N) is 1. The minimum absolute atomic E-state index is 0. The molecule has 0 aromatic heterocycles. The molecule has 30 heavy (non-hydrogen) atoms. The zero-order valence-electron chi connectivity index (χ0n) is 14.7. The van der Waals surface area contributed by atoms with Crippen molar-refractivity contribution in [3.8, 4) is 5.75 Å². The third kappa shape index (κ3) is 3.62. The molecule has 1 aliphatic carbocycles. The van der Waals surface area contributed by atoms with Gasteiger partial charge in [-0.2, -0.15) is 8.42 Å². The number of phenolic OH excluding ortho intramolecular Hbond substituents is 1. The molecule has 3 aromatic rings. The molecule has 4 rings (SSSR count). The van der Waals surface area contributed by atoms with Gasteiger partial charge in [0.15, 0.2) is 11.6 Å². The molecule has 0 saturated carbocycles. The Labute approximate surface area is 193 Å². The van der Waals surface area contributed by atoms with Crippen LogP contribution in [-0.2, 0) is 10.1 Å². The van der Waals surface area contributed by atoms with Gasteiger partial charge in [0.1, 0.15) is 10.6 Å². The van der Waals surface area contributed by atoms with E-state index in [0.717, 1.165) is 6.07 Å². The molecule has 0 radical (unpaired) electrons. The first kappa shape index (κ1) is 22.0. The third-order valence-electron chi connectivity index (χ3n) is 4.60. The van der Waals surface area contributed by atoms with E-state index in [1.807, 2.05) is 0 Å². The van der Waals surface area contributed by atoms with Crippen molar-refractivity contribution in [1.82, 2.24) is 0 Å². The number of carbonyl (C=O) groups is 2. The average Bonchev–Trinajstić information content (AvgIpc) is 2.66. The van der Waals surface area contributed by atoms with Crippen LogP contribution in [0.3, 0.4) is 0 Å². The van der Waals surface area contributed by atoms with Crippen LogP contribution >= 0.6 is 0 Å². The zero-order valence-corrected chi connectivity index (χ0v) is 15.5. The van der Waals surface area contributed by atoms with Crippen LogP contribution in [0.2, 0.25) is 0 Å². The fourth-order valence-corrected chi connectivity index (χ4v) is 3.99. The Hall–Kier alpha value is -2.69. The molecular formula is C20H15N2NaO6S. The van der Waals surface area contributed by atoms with Crippen molar-refractivity contribution in [2.24, 2.45) is 0 Å². The van der Waals surface area contributed by atoms with E-state index in [0.29, 0.717) is 5.69 Å². The number of hydrogen-bond acceptors (Lipinski definition) is 7. The normalized spacial score (nSPS) is 12.6. The van der Waals surface area contributed by atoms with Crippen LogP contribution in [0.4, 0.5) is 17.1 Å². The first-order valence-electron chi connectivity index (χ1n) is 8.37. The van der Waals surface area contributed by atoms with E-state index in [2.05, 4.69) is 5.32 Å². The van der Waals surface area contributed by atoms with Gasteiger partial charge in [-0.3, -0.25) is 14.1 Å². The van der Waals surface area contributed by atoms with Crippen molar-refractivity contribution in [2.45, 2.75) is 4.90 Å². The Morgan fingerprint density at radius 3 is 2.03 bits per heavy atom. The van der Waals surface area contributed by atoms with E-state index < -0.39 is 32.3 Å². The van der Waals surface area contributed by atoms with Crippen LogP contribution in [0.25, 0.3) is 0 Å². The Kier molecular flexibility index (Phi) is 5.76. The van der Waals surface area contributed by atoms with Crippen molar-refractivity contribution >= 4 is 68.3 Å². The van der Waals surface area contributed by atoms with Gasteiger partial charge < -0.3 is 16.2 Å². The summed E-state index contributed by atoms with van der Waals surface area (Å²) in [5.74, 6) is -1.22. The Bertz CT molecular complexity index is 1320. The average molecular weight is 434 g/mol. The molecule has 0 aliphatic heterocycles. The van der Waals surface area contributed by atoms with Crippen LogP contribution in [0.5, 0.6) is 5.75 Å². The summed E-state index contributed by atoms with van der Waals surface area (Å²) in [5, 5.41) is 12.5. The molecule has 0 bridgehead atoms. The second-order valence-corrected chi connectivity index (χ2v) is 7.83. The van der Waals surface area contributed by atoms with Crippen molar-refractivity contribution < 1.29 is 27.7 Å². The van der Waals surface area contributed by atoms with Gasteiger partial charge in [0.05, 0.1) is 22.5 Å². The van der Waals surface area contributed by atoms with Crippen LogP contribution in [-0.4, -0.2) is 59.2 Å². The summed E-state index contributed by atoms with van der Waals surface area (Å²) in [6, 6.07) is 13.0. The molecule has 5 N–H and O–H groups in total. The summed E-state index contributed by atoms with van der Waals surface area (Å²) in [6.45, 7) is 0. The van der Waals surface area contributed by atoms with Gasteiger partial charge in [-0.05, 0) is 18.2 Å². The van der Waals surface area contributed by atoms with Crippen LogP contribution in [0.15, 0.2) is 59.5 Å². The number of aromatic hydroxyl groups is 1. The molecule has 0 saturated heterocycles. The number of anilines is 3. The minimum atomic E-state index is -4.79. The molecule has 0 atom stereocenters. The zero-order chi connectivity index (χ0) is 20.9. The van der Waals surface area contributed by atoms with Gasteiger partial charge in [0, 0.05) is 22.9 Å². The Morgan fingerprint density at radius 1 is 0.867 bits per heavy atom. The fourth-order valence-electron chi connectivity index (χ4n) is 3.34. The molecular weight excluding hydrogens is 419 g/mol. The summed E-state index contributed by atoms with van der Waals surface area (Å²) in [4.78, 5) is 25.5. The number of rotatable bonds is 3. The predicted octanol–water partition coefficient (Wildman–Crippen LogP) is 2.09. The van der Waals surface area contributed by atoms with E-state index in [1.165, 1.54) is 30.3 Å². The number of ketones is 2. The summed E-state index contributed by atoms with van der Waals surface area (Å²) in [5.41, 5.74) is 5.53. The van der Waals surface area contributed by atoms with Crippen LogP contribution < -0.4 is 11.1 Å². The summed E-state index contributed by atoms with van der Waals surface area (Å²) in [6.07, 6.45) is 0. The number of benzene rings is 3. The van der Waals surface area contributed by atoms with E-state index in [-0.39, 0.29) is 63.2 Å². The van der Waals surface area contributed by atoms with Gasteiger partial charge in [0.25, 0.3) is 10.1 Å². The van der Waals surface area contributed by atoms with E-state index in [1.54, 1.807) is 18.2 Å². The molecule has 0 fully saturated rings. The number of phenols is 1. The van der Waals surface area contributed by atoms with E-state index >= 15 is 0 Å². The summed E-state index contributed by atoms with van der Waals surface area (Å²) in [7, 11) is -4.79. The van der Waals surface area contributed by atoms with Crippen molar-refractivity contribution in [1.29, 1.82) is 0 Å². The molecule has 1 aliphatic rings. The van der Waals surface area contributed by atoms with Gasteiger partial charge >= 0.3 is 29.6 Å². The molecule has 0 unspecified atom stereocenters. The maximum absolute atomic E-state index is 13.1. The van der Waals surface area contributed by atoms with Crippen molar-refractivity contribution in [2.75, 3.05) is 11.1 Å². The predicted molar refractivity (Wildman–Crippen MR) is 113 cm³/mol. The molecule has 8 nitrogen and oxygen atoms in total. The van der Waals surface area contributed by atoms with Crippen molar-refractivity contribution in [3.05, 3.63) is 76.9 Å². The number of carbonyl (C=O) groups excluding carboxylic acids is 2. The standard InChI is InChI=1S/C20H14N2O6S.Na.H/c21-18-15(29(26,27)28)9-14(22-10-4-3-5-11(23)8-10)16-17(18)20(25)13-7-2-1-6-12(13)19(16)24;;/h1-9,22-23H,21H2,(H,26,27,28);;. The van der Waals surface area contributed by atoms with Crippen LogP contribution in [0, 0.1) is 0 Å². The molecule has 3 aromatic carbocycles. The second-order valence-electron chi connectivity index (χ2n) is 6.44. The first-order valence-corrected chi connectivity index (χ1v) is 9.81.